The van der Waals surface area contributed by atoms with Gasteiger partial charge >= 0.3 is 0 Å². The minimum Gasteiger partial charge on any atom is -0.311 e. The van der Waals surface area contributed by atoms with Crippen LogP contribution in [-0.2, 0) is 0 Å². The molecular formula is C37H78N3+. The smallest absolute Gasteiger partial charge is 0.300 e. The lowest BCUT2D eigenvalue weighted by molar-refractivity contribution is -0.848. The van der Waals surface area contributed by atoms with E-state index in [1.54, 1.807) is 0 Å². The second-order valence-electron chi connectivity index (χ2n) is 12.8. The third-order valence-electron chi connectivity index (χ3n) is 8.85. The number of hydrogen-bond acceptors (Lipinski definition) is 1. The fraction of sp³-hybridized carbons (Fsp3) is 0.973. The summed E-state index contributed by atoms with van der Waals surface area (Å²) in [4.78, 5) is 8.53. The maximum Gasteiger partial charge on any atom is 0.300 e. The minimum absolute atomic E-state index is 1.04. The number of quaternary nitrogens is 1. The topological polar surface area (TPSA) is 15.6 Å². The number of rotatable bonds is 30. The van der Waals surface area contributed by atoms with Crippen LogP contribution in [0, 0.1) is 0 Å². The zero-order valence-electron chi connectivity index (χ0n) is 29.1. The first-order valence-corrected chi connectivity index (χ1v) is 18.8. The van der Waals surface area contributed by atoms with E-state index in [0.717, 1.165) is 6.54 Å². The van der Waals surface area contributed by atoms with Crippen molar-refractivity contribution < 1.29 is 4.48 Å². The molecule has 0 spiro atoms. The second-order valence-corrected chi connectivity index (χ2v) is 12.8. The molecule has 240 valence electrons. The lowest BCUT2D eigenvalue weighted by atomic mass is 10.1. The Morgan fingerprint density at radius 2 is 0.725 bits per heavy atom. The van der Waals surface area contributed by atoms with E-state index in [-0.39, 0.29) is 0 Å². The van der Waals surface area contributed by atoms with Crippen molar-refractivity contribution in [2.24, 2.45) is 4.99 Å². The van der Waals surface area contributed by atoms with Crippen LogP contribution < -0.4 is 0 Å². The van der Waals surface area contributed by atoms with Gasteiger partial charge in [0.25, 0.3) is 5.96 Å². The third-order valence-corrected chi connectivity index (χ3v) is 8.85. The van der Waals surface area contributed by atoms with Crippen molar-refractivity contribution in [1.82, 2.24) is 4.90 Å². The van der Waals surface area contributed by atoms with E-state index in [9.17, 15) is 0 Å². The second kappa shape index (κ2) is 29.9. The predicted molar refractivity (Wildman–Crippen MR) is 184 cm³/mol. The summed E-state index contributed by atoms with van der Waals surface area (Å²) in [7, 11) is 0. The minimum atomic E-state index is 1.04. The van der Waals surface area contributed by atoms with Crippen molar-refractivity contribution in [3.63, 3.8) is 0 Å². The van der Waals surface area contributed by atoms with Crippen LogP contribution in [0.2, 0.25) is 0 Å². The summed E-state index contributed by atoms with van der Waals surface area (Å²) in [6.45, 7) is 21.5. The molecule has 0 unspecified atom stereocenters. The van der Waals surface area contributed by atoms with Crippen molar-refractivity contribution in [2.45, 2.75) is 196 Å². The Morgan fingerprint density at radius 1 is 0.400 bits per heavy atom. The summed E-state index contributed by atoms with van der Waals surface area (Å²) < 4.78 is 1.19. The average molecular weight is 565 g/mol. The van der Waals surface area contributed by atoms with Crippen molar-refractivity contribution in [3.05, 3.63) is 0 Å². The number of guanidine groups is 1. The van der Waals surface area contributed by atoms with Gasteiger partial charge in [0, 0.05) is 19.6 Å². The number of nitrogens with zero attached hydrogens (tertiary/aromatic N) is 3. The molecule has 0 aromatic carbocycles. The zero-order valence-corrected chi connectivity index (χ0v) is 29.1. The predicted octanol–water partition coefficient (Wildman–Crippen LogP) is 11.9. The molecular weight excluding hydrogens is 486 g/mol. The first kappa shape index (κ1) is 39.4. The van der Waals surface area contributed by atoms with E-state index in [4.69, 9.17) is 4.99 Å². The normalized spacial score (nSPS) is 12.4. The Balaban J connectivity index is 6.33. The molecule has 3 nitrogen and oxygen atoms in total. The van der Waals surface area contributed by atoms with Crippen LogP contribution >= 0.6 is 0 Å². The van der Waals surface area contributed by atoms with Gasteiger partial charge in [0.2, 0.25) is 0 Å². The Kier molecular flexibility index (Phi) is 29.5. The van der Waals surface area contributed by atoms with Gasteiger partial charge in [-0.15, -0.1) is 0 Å². The van der Waals surface area contributed by atoms with Gasteiger partial charge in [0.05, 0.1) is 19.6 Å². The zero-order chi connectivity index (χ0) is 29.6. The number of unbranched alkanes of at least 4 members (excludes halogenated alkanes) is 18. The van der Waals surface area contributed by atoms with Crippen LogP contribution in [0.3, 0.4) is 0 Å². The van der Waals surface area contributed by atoms with Gasteiger partial charge < -0.3 is 4.90 Å². The molecule has 40 heavy (non-hydrogen) atoms. The fourth-order valence-corrected chi connectivity index (χ4v) is 6.20. The monoisotopic (exact) mass is 565 g/mol. The van der Waals surface area contributed by atoms with Crippen LogP contribution in [0.25, 0.3) is 0 Å². The van der Waals surface area contributed by atoms with Gasteiger partial charge in [-0.25, -0.2) is 4.99 Å². The Morgan fingerprint density at radius 3 is 1.07 bits per heavy atom. The summed E-state index contributed by atoms with van der Waals surface area (Å²) in [6.07, 6.45) is 32.4. The molecule has 0 fully saturated rings. The quantitative estimate of drug-likeness (QED) is 0.0366. The van der Waals surface area contributed by atoms with Gasteiger partial charge in [-0.1, -0.05) is 138 Å². The molecule has 0 bridgehead atoms. The molecule has 0 atom stereocenters. The number of hydrogen-bond donors (Lipinski definition) is 0. The van der Waals surface area contributed by atoms with Crippen molar-refractivity contribution in [1.29, 1.82) is 0 Å². The molecule has 0 rings (SSSR count). The molecule has 0 aliphatic carbocycles. The molecule has 0 radical (unpaired) electrons. The lowest BCUT2D eigenvalue weighted by Crippen LogP contribution is -2.61. The van der Waals surface area contributed by atoms with Crippen LogP contribution in [0.5, 0.6) is 0 Å². The maximum absolute atomic E-state index is 5.68. The molecule has 0 aromatic heterocycles. The summed E-state index contributed by atoms with van der Waals surface area (Å²) in [5, 5.41) is 0. The van der Waals surface area contributed by atoms with Crippen LogP contribution in [0.1, 0.15) is 196 Å². The standard InChI is InChI=1S/C37H78N3/c1-7-13-19-25-31-38-37(39(32-26-20-14-8-2)33-27-21-15-9-3)40(34-28-22-16-10-4,35-29-23-17-11-5)36-30-24-18-12-6/h7-36H2,1-6H3/q+1/b38-37+. The lowest BCUT2D eigenvalue weighted by Gasteiger charge is -2.43. The van der Waals surface area contributed by atoms with E-state index in [1.165, 1.54) is 197 Å². The number of aliphatic imine (C=N–C) groups is 1. The van der Waals surface area contributed by atoms with Gasteiger partial charge in [-0.05, 0) is 57.8 Å². The van der Waals surface area contributed by atoms with Gasteiger partial charge in [0.1, 0.15) is 0 Å². The molecule has 0 aromatic rings. The summed E-state index contributed by atoms with van der Waals surface area (Å²) in [6, 6.07) is 0. The van der Waals surface area contributed by atoms with E-state index in [2.05, 4.69) is 46.4 Å². The first-order valence-electron chi connectivity index (χ1n) is 18.8. The highest BCUT2D eigenvalue weighted by Crippen LogP contribution is 2.23. The molecule has 0 aliphatic heterocycles. The summed E-state index contributed by atoms with van der Waals surface area (Å²) >= 11 is 0. The van der Waals surface area contributed by atoms with Crippen LogP contribution in [-0.4, -0.2) is 54.6 Å². The van der Waals surface area contributed by atoms with Crippen molar-refractivity contribution >= 4 is 5.96 Å². The van der Waals surface area contributed by atoms with Crippen LogP contribution in [0.4, 0.5) is 0 Å². The third kappa shape index (κ3) is 20.3. The Hall–Kier alpha value is -0.570. The van der Waals surface area contributed by atoms with Crippen molar-refractivity contribution in [2.75, 3.05) is 39.3 Å². The first-order chi connectivity index (χ1) is 19.7. The summed E-state index contributed by atoms with van der Waals surface area (Å²) in [5.41, 5.74) is 0. The van der Waals surface area contributed by atoms with E-state index >= 15 is 0 Å². The highest BCUT2D eigenvalue weighted by atomic mass is 15.5. The van der Waals surface area contributed by atoms with E-state index in [1.807, 2.05) is 0 Å². The fourth-order valence-electron chi connectivity index (χ4n) is 6.20. The molecule has 3 heteroatoms. The van der Waals surface area contributed by atoms with Gasteiger partial charge in [-0.3, -0.25) is 4.48 Å². The largest absolute Gasteiger partial charge is 0.311 e. The molecule has 0 saturated heterocycles. The molecule has 0 aliphatic rings. The summed E-state index contributed by atoms with van der Waals surface area (Å²) in [5.74, 6) is 1.52. The maximum atomic E-state index is 5.68. The van der Waals surface area contributed by atoms with Crippen LogP contribution in [0.15, 0.2) is 4.99 Å². The van der Waals surface area contributed by atoms with E-state index < -0.39 is 0 Å². The van der Waals surface area contributed by atoms with Gasteiger partial charge in [0.15, 0.2) is 0 Å². The average Bonchev–Trinajstić information content (AvgIpc) is 2.97. The Labute approximate surface area is 255 Å². The van der Waals surface area contributed by atoms with E-state index in [0.29, 0.717) is 0 Å². The molecule has 0 saturated carbocycles. The van der Waals surface area contributed by atoms with Crippen molar-refractivity contribution in [3.8, 4) is 0 Å². The Bertz CT molecular complexity index is 486. The SMILES string of the molecule is CCCCCC/N=C(\N(CCCCCC)CCCCCC)[N+](CCCCCC)(CCCCCC)CCCCCC. The van der Waals surface area contributed by atoms with Gasteiger partial charge in [-0.2, -0.15) is 0 Å². The molecule has 0 heterocycles. The highest BCUT2D eigenvalue weighted by molar-refractivity contribution is 5.73. The molecule has 0 amide bonds. The molecule has 0 N–H and O–H groups in total. The highest BCUT2D eigenvalue weighted by Gasteiger charge is 2.37.